The monoisotopic (exact) mass is 282 g/mol. The minimum absolute atomic E-state index is 0.106. The lowest BCUT2D eigenvalue weighted by atomic mass is 10.00. The van der Waals surface area contributed by atoms with E-state index in [-0.39, 0.29) is 24.3 Å². The maximum absolute atomic E-state index is 11.8. The zero-order chi connectivity index (χ0) is 14.5. The second-order valence-corrected chi connectivity index (χ2v) is 6.33. The molecule has 1 aromatic rings. The molecule has 1 N–H and O–H groups in total. The SMILES string of the molecule is C#CCC(C)(O)CCOS(=O)(=O)c1ccc(C)cc1. The molecule has 4 nitrogen and oxygen atoms in total. The highest BCUT2D eigenvalue weighted by molar-refractivity contribution is 7.86. The molecule has 0 saturated heterocycles. The molecule has 0 spiro atoms. The van der Waals surface area contributed by atoms with Crippen molar-refractivity contribution in [1.82, 2.24) is 0 Å². The van der Waals surface area contributed by atoms with Crippen LogP contribution in [0.1, 0.15) is 25.3 Å². The van der Waals surface area contributed by atoms with Crippen LogP contribution >= 0.6 is 0 Å². The summed E-state index contributed by atoms with van der Waals surface area (Å²) in [6, 6.07) is 6.38. The number of aliphatic hydroxyl groups is 1. The fourth-order valence-corrected chi connectivity index (χ4v) is 2.36. The molecule has 0 aliphatic heterocycles. The molecule has 0 amide bonds. The second kappa shape index (κ2) is 6.20. The largest absolute Gasteiger partial charge is 0.389 e. The van der Waals surface area contributed by atoms with Gasteiger partial charge in [0.15, 0.2) is 0 Å². The molecule has 0 radical (unpaired) electrons. The summed E-state index contributed by atoms with van der Waals surface area (Å²) in [7, 11) is -3.78. The van der Waals surface area contributed by atoms with E-state index in [1.807, 2.05) is 6.92 Å². The highest BCUT2D eigenvalue weighted by Gasteiger charge is 2.21. The summed E-state index contributed by atoms with van der Waals surface area (Å²) in [5, 5.41) is 9.80. The lowest BCUT2D eigenvalue weighted by Crippen LogP contribution is -2.26. The van der Waals surface area contributed by atoms with Crippen LogP contribution < -0.4 is 0 Å². The van der Waals surface area contributed by atoms with Crippen molar-refractivity contribution in [3.05, 3.63) is 29.8 Å². The van der Waals surface area contributed by atoms with Crippen molar-refractivity contribution >= 4 is 10.1 Å². The second-order valence-electron chi connectivity index (χ2n) is 4.72. The zero-order valence-corrected chi connectivity index (χ0v) is 11.9. The first kappa shape index (κ1) is 15.7. The Kier molecular flexibility index (Phi) is 5.12. The van der Waals surface area contributed by atoms with Crippen molar-refractivity contribution in [2.75, 3.05) is 6.61 Å². The fraction of sp³-hybridized carbons (Fsp3) is 0.429. The number of rotatable bonds is 6. The number of terminal acetylenes is 1. The zero-order valence-electron chi connectivity index (χ0n) is 11.1. The molecule has 5 heteroatoms. The third kappa shape index (κ3) is 5.03. The van der Waals surface area contributed by atoms with Crippen LogP contribution in [0.25, 0.3) is 0 Å². The minimum atomic E-state index is -3.78. The molecule has 1 atom stereocenters. The van der Waals surface area contributed by atoms with Gasteiger partial charge in [-0.2, -0.15) is 8.42 Å². The van der Waals surface area contributed by atoms with Gasteiger partial charge in [-0.05, 0) is 26.0 Å². The molecular formula is C14H18O4S. The van der Waals surface area contributed by atoms with Gasteiger partial charge >= 0.3 is 0 Å². The minimum Gasteiger partial charge on any atom is -0.389 e. The molecule has 1 rings (SSSR count). The lowest BCUT2D eigenvalue weighted by Gasteiger charge is -2.19. The van der Waals surface area contributed by atoms with E-state index >= 15 is 0 Å². The van der Waals surface area contributed by atoms with E-state index < -0.39 is 15.7 Å². The summed E-state index contributed by atoms with van der Waals surface area (Å²) in [4.78, 5) is 0.106. The molecule has 0 bridgehead atoms. The molecular weight excluding hydrogens is 264 g/mol. The maximum Gasteiger partial charge on any atom is 0.296 e. The molecule has 0 aliphatic carbocycles. The van der Waals surface area contributed by atoms with Crippen LogP contribution in [0, 0.1) is 19.3 Å². The van der Waals surface area contributed by atoms with Gasteiger partial charge in [-0.15, -0.1) is 12.3 Å². The van der Waals surface area contributed by atoms with Crippen molar-refractivity contribution in [1.29, 1.82) is 0 Å². The summed E-state index contributed by atoms with van der Waals surface area (Å²) in [5.74, 6) is 2.34. The van der Waals surface area contributed by atoms with Crippen LogP contribution in [0.2, 0.25) is 0 Å². The molecule has 1 unspecified atom stereocenters. The molecule has 1 aromatic carbocycles. The van der Waals surface area contributed by atoms with Gasteiger partial charge in [-0.1, -0.05) is 17.7 Å². The molecule has 0 heterocycles. The van der Waals surface area contributed by atoms with Crippen LogP contribution in [0.3, 0.4) is 0 Å². The quantitative estimate of drug-likeness (QED) is 0.639. The molecule has 104 valence electrons. The highest BCUT2D eigenvalue weighted by Crippen LogP contribution is 2.17. The lowest BCUT2D eigenvalue weighted by molar-refractivity contribution is 0.0428. The third-order valence-electron chi connectivity index (χ3n) is 2.67. The first-order chi connectivity index (χ1) is 8.77. The highest BCUT2D eigenvalue weighted by atomic mass is 32.2. The van der Waals surface area contributed by atoms with Crippen molar-refractivity contribution < 1.29 is 17.7 Å². The Morgan fingerprint density at radius 3 is 2.47 bits per heavy atom. The summed E-state index contributed by atoms with van der Waals surface area (Å²) in [6.07, 6.45) is 5.42. The number of hydrogen-bond donors (Lipinski definition) is 1. The number of benzene rings is 1. The number of hydrogen-bond acceptors (Lipinski definition) is 4. The van der Waals surface area contributed by atoms with Crippen LogP contribution in [0.15, 0.2) is 29.2 Å². The van der Waals surface area contributed by atoms with Crippen molar-refractivity contribution in [2.24, 2.45) is 0 Å². The smallest absolute Gasteiger partial charge is 0.296 e. The first-order valence-electron chi connectivity index (χ1n) is 5.89. The maximum atomic E-state index is 11.8. The van der Waals surface area contributed by atoms with E-state index in [2.05, 4.69) is 5.92 Å². The Morgan fingerprint density at radius 1 is 1.37 bits per heavy atom. The van der Waals surface area contributed by atoms with E-state index in [1.54, 1.807) is 19.1 Å². The molecule has 19 heavy (non-hydrogen) atoms. The molecule has 0 saturated carbocycles. The van der Waals surface area contributed by atoms with Gasteiger partial charge in [0.25, 0.3) is 10.1 Å². The normalized spacial score (nSPS) is 14.6. The van der Waals surface area contributed by atoms with E-state index in [0.29, 0.717) is 0 Å². The van der Waals surface area contributed by atoms with Gasteiger partial charge in [0, 0.05) is 12.8 Å². The summed E-state index contributed by atoms with van der Waals surface area (Å²) >= 11 is 0. The summed E-state index contributed by atoms with van der Waals surface area (Å²) in [5.41, 5.74) is -0.145. The van der Waals surface area contributed by atoms with Crippen LogP contribution in [-0.4, -0.2) is 25.7 Å². The van der Waals surface area contributed by atoms with Gasteiger partial charge in [0.1, 0.15) is 0 Å². The van der Waals surface area contributed by atoms with Gasteiger partial charge in [0.2, 0.25) is 0 Å². The standard InChI is InChI=1S/C14H18O4S/c1-4-9-14(3,15)10-11-18-19(16,17)13-7-5-12(2)6-8-13/h1,5-8,15H,9-11H2,2-3H3. The summed E-state index contributed by atoms with van der Waals surface area (Å²) < 4.78 is 28.6. The third-order valence-corrected chi connectivity index (χ3v) is 4.00. The predicted octanol–water partition coefficient (Wildman–Crippen LogP) is 1.86. The van der Waals surface area contributed by atoms with Crippen LogP contribution in [0.4, 0.5) is 0 Å². The average molecular weight is 282 g/mol. The van der Waals surface area contributed by atoms with E-state index in [1.165, 1.54) is 12.1 Å². The predicted molar refractivity (Wildman–Crippen MR) is 73.0 cm³/mol. The first-order valence-corrected chi connectivity index (χ1v) is 7.30. The van der Waals surface area contributed by atoms with Gasteiger partial charge in [-0.3, -0.25) is 4.18 Å². The Morgan fingerprint density at radius 2 is 1.95 bits per heavy atom. The van der Waals surface area contributed by atoms with Crippen molar-refractivity contribution in [3.63, 3.8) is 0 Å². The van der Waals surface area contributed by atoms with E-state index in [0.717, 1.165) is 5.56 Å². The fourth-order valence-electron chi connectivity index (χ4n) is 1.45. The average Bonchev–Trinajstić information content (AvgIpc) is 2.28. The summed E-state index contributed by atoms with van der Waals surface area (Å²) in [6.45, 7) is 3.31. The molecule has 0 fully saturated rings. The van der Waals surface area contributed by atoms with Gasteiger partial charge < -0.3 is 5.11 Å². The van der Waals surface area contributed by atoms with Crippen molar-refractivity contribution in [3.8, 4) is 12.3 Å². The van der Waals surface area contributed by atoms with Crippen LogP contribution in [0.5, 0.6) is 0 Å². The Balaban J connectivity index is 2.62. The Hall–Kier alpha value is -1.35. The van der Waals surface area contributed by atoms with Crippen LogP contribution in [-0.2, 0) is 14.3 Å². The van der Waals surface area contributed by atoms with E-state index in [9.17, 15) is 13.5 Å². The van der Waals surface area contributed by atoms with E-state index in [4.69, 9.17) is 10.6 Å². The Bertz CT molecular complexity index is 550. The van der Waals surface area contributed by atoms with Gasteiger partial charge in [0.05, 0.1) is 17.1 Å². The topological polar surface area (TPSA) is 63.6 Å². The van der Waals surface area contributed by atoms with Crippen molar-refractivity contribution in [2.45, 2.75) is 37.2 Å². The molecule has 0 aliphatic rings. The Labute approximate surface area is 114 Å². The number of aryl methyl sites for hydroxylation is 1. The molecule has 0 aromatic heterocycles. The van der Waals surface area contributed by atoms with Gasteiger partial charge in [-0.25, -0.2) is 0 Å².